The predicted octanol–water partition coefficient (Wildman–Crippen LogP) is 2.84. The summed E-state index contributed by atoms with van der Waals surface area (Å²) in [7, 11) is 0. The van der Waals surface area contributed by atoms with Gasteiger partial charge in [0.25, 0.3) is 0 Å². The van der Waals surface area contributed by atoms with Gasteiger partial charge >= 0.3 is 5.97 Å². The maximum Gasteiger partial charge on any atom is 0.326 e. The monoisotopic (exact) mass is 296 g/mol. The molecule has 0 saturated heterocycles. The van der Waals surface area contributed by atoms with Crippen LogP contribution in [-0.4, -0.2) is 17.1 Å². The van der Waals surface area contributed by atoms with Crippen LogP contribution < -0.4 is 5.32 Å². The number of rotatable bonds is 4. The molecule has 0 saturated carbocycles. The Morgan fingerprint density at radius 1 is 1.53 bits per heavy atom. The summed E-state index contributed by atoms with van der Waals surface area (Å²) in [4.78, 5) is 11.1. The minimum absolute atomic E-state index is 0.0713. The third-order valence-corrected chi connectivity index (χ3v) is 3.03. The van der Waals surface area contributed by atoms with Gasteiger partial charge in [-0.2, -0.15) is 5.26 Å². The van der Waals surface area contributed by atoms with Crippen LogP contribution in [0.15, 0.2) is 22.7 Å². The fraction of sp³-hybridized carbons (Fsp3) is 0.333. The summed E-state index contributed by atoms with van der Waals surface area (Å²) in [6.07, 6.45) is 0. The first-order valence-electron chi connectivity index (χ1n) is 5.15. The highest BCUT2D eigenvalue weighted by Gasteiger charge is 2.22. The van der Waals surface area contributed by atoms with E-state index in [4.69, 9.17) is 10.4 Å². The zero-order chi connectivity index (χ0) is 13.0. The lowest BCUT2D eigenvalue weighted by Crippen LogP contribution is -2.34. The number of carbonyl (C=O) groups is 1. The number of hydrogen-bond acceptors (Lipinski definition) is 3. The Hall–Kier alpha value is -1.54. The van der Waals surface area contributed by atoms with Gasteiger partial charge in [0, 0.05) is 4.47 Å². The molecule has 0 aromatic heterocycles. The van der Waals surface area contributed by atoms with Crippen LogP contribution in [0.2, 0.25) is 0 Å². The lowest BCUT2D eigenvalue weighted by Gasteiger charge is -2.20. The average molecular weight is 297 g/mol. The van der Waals surface area contributed by atoms with Crippen LogP contribution in [0.3, 0.4) is 0 Å². The zero-order valence-corrected chi connectivity index (χ0v) is 11.2. The van der Waals surface area contributed by atoms with Crippen molar-refractivity contribution in [3.8, 4) is 6.07 Å². The van der Waals surface area contributed by atoms with Crippen LogP contribution in [0.5, 0.6) is 0 Å². The Balaban J connectivity index is 3.06. The molecule has 90 valence electrons. The number of anilines is 1. The molecule has 4 nitrogen and oxygen atoms in total. The van der Waals surface area contributed by atoms with Crippen molar-refractivity contribution in [1.82, 2.24) is 0 Å². The second-order valence-corrected chi connectivity index (χ2v) is 4.83. The zero-order valence-electron chi connectivity index (χ0n) is 9.57. The summed E-state index contributed by atoms with van der Waals surface area (Å²) >= 11 is 3.26. The molecule has 1 unspecified atom stereocenters. The summed E-state index contributed by atoms with van der Waals surface area (Å²) in [6.45, 7) is 3.63. The third kappa shape index (κ3) is 3.21. The first kappa shape index (κ1) is 13.5. The Morgan fingerprint density at radius 3 is 2.65 bits per heavy atom. The fourth-order valence-corrected chi connectivity index (χ4v) is 1.89. The Bertz CT molecular complexity index is 466. The van der Waals surface area contributed by atoms with Gasteiger partial charge in [0.05, 0.1) is 11.3 Å². The topological polar surface area (TPSA) is 73.1 Å². The van der Waals surface area contributed by atoms with Gasteiger partial charge in [-0.1, -0.05) is 19.9 Å². The van der Waals surface area contributed by atoms with Crippen molar-refractivity contribution in [2.75, 3.05) is 5.32 Å². The van der Waals surface area contributed by atoms with Crippen molar-refractivity contribution < 1.29 is 9.90 Å². The molecule has 17 heavy (non-hydrogen) atoms. The molecule has 0 spiro atoms. The first-order valence-corrected chi connectivity index (χ1v) is 5.94. The molecular formula is C12H13BrN2O2. The van der Waals surface area contributed by atoms with Gasteiger partial charge in [-0.05, 0) is 34.0 Å². The fourth-order valence-electron chi connectivity index (χ4n) is 1.44. The minimum Gasteiger partial charge on any atom is -0.480 e. The molecule has 1 aromatic rings. The van der Waals surface area contributed by atoms with E-state index >= 15 is 0 Å². The van der Waals surface area contributed by atoms with E-state index in [9.17, 15) is 4.79 Å². The molecule has 0 aliphatic carbocycles. The van der Waals surface area contributed by atoms with Gasteiger partial charge in [0.2, 0.25) is 0 Å². The molecule has 0 fully saturated rings. The SMILES string of the molecule is CC(C)C(Nc1cccc(Br)c1C#N)C(=O)O. The van der Waals surface area contributed by atoms with Crippen molar-refractivity contribution in [3.05, 3.63) is 28.2 Å². The van der Waals surface area contributed by atoms with Crippen LogP contribution in [-0.2, 0) is 4.79 Å². The maximum atomic E-state index is 11.1. The Kier molecular flexibility index (Phi) is 4.53. The van der Waals surface area contributed by atoms with Crippen molar-refractivity contribution in [3.63, 3.8) is 0 Å². The van der Waals surface area contributed by atoms with Crippen molar-refractivity contribution in [1.29, 1.82) is 5.26 Å². The number of nitrogens with one attached hydrogen (secondary N) is 1. The number of hydrogen-bond donors (Lipinski definition) is 2. The molecule has 0 bridgehead atoms. The van der Waals surface area contributed by atoms with E-state index < -0.39 is 12.0 Å². The Morgan fingerprint density at radius 2 is 2.18 bits per heavy atom. The highest BCUT2D eigenvalue weighted by molar-refractivity contribution is 9.10. The highest BCUT2D eigenvalue weighted by Crippen LogP contribution is 2.25. The predicted molar refractivity (Wildman–Crippen MR) is 68.7 cm³/mol. The molecular weight excluding hydrogens is 284 g/mol. The number of carboxylic acids is 1. The molecule has 0 amide bonds. The van der Waals surface area contributed by atoms with Crippen LogP contribution in [0.25, 0.3) is 0 Å². The molecule has 0 aliphatic rings. The normalized spacial score (nSPS) is 11.9. The van der Waals surface area contributed by atoms with Crippen LogP contribution in [0, 0.1) is 17.2 Å². The lowest BCUT2D eigenvalue weighted by atomic mass is 10.0. The average Bonchev–Trinajstić information content (AvgIpc) is 2.25. The molecule has 0 heterocycles. The smallest absolute Gasteiger partial charge is 0.326 e. The van der Waals surface area contributed by atoms with Gasteiger partial charge in [-0.3, -0.25) is 0 Å². The van der Waals surface area contributed by atoms with E-state index in [0.717, 1.165) is 0 Å². The number of benzene rings is 1. The molecule has 1 rings (SSSR count). The van der Waals surface area contributed by atoms with Gasteiger partial charge in [0.15, 0.2) is 0 Å². The largest absolute Gasteiger partial charge is 0.480 e. The van der Waals surface area contributed by atoms with E-state index in [-0.39, 0.29) is 5.92 Å². The molecule has 0 radical (unpaired) electrons. The van der Waals surface area contributed by atoms with E-state index in [1.165, 1.54) is 0 Å². The van der Waals surface area contributed by atoms with Crippen molar-refractivity contribution >= 4 is 27.6 Å². The summed E-state index contributed by atoms with van der Waals surface area (Å²) in [5, 5.41) is 21.0. The number of halogens is 1. The van der Waals surface area contributed by atoms with Crippen LogP contribution in [0.4, 0.5) is 5.69 Å². The second-order valence-electron chi connectivity index (χ2n) is 3.98. The minimum atomic E-state index is -0.927. The van der Waals surface area contributed by atoms with E-state index in [2.05, 4.69) is 21.2 Å². The lowest BCUT2D eigenvalue weighted by molar-refractivity contribution is -0.138. The van der Waals surface area contributed by atoms with Gasteiger partial charge in [0.1, 0.15) is 12.1 Å². The quantitative estimate of drug-likeness (QED) is 0.896. The second kappa shape index (κ2) is 5.69. The Labute approximate surface area is 108 Å². The van der Waals surface area contributed by atoms with Crippen molar-refractivity contribution in [2.24, 2.45) is 5.92 Å². The van der Waals surface area contributed by atoms with E-state index in [0.29, 0.717) is 15.7 Å². The standard InChI is InChI=1S/C12H13BrN2O2/c1-7(2)11(12(16)17)15-10-5-3-4-9(13)8(10)6-14/h3-5,7,11,15H,1-2H3,(H,16,17). The highest BCUT2D eigenvalue weighted by atomic mass is 79.9. The van der Waals surface area contributed by atoms with E-state index in [1.54, 1.807) is 18.2 Å². The van der Waals surface area contributed by atoms with Crippen molar-refractivity contribution in [2.45, 2.75) is 19.9 Å². The summed E-state index contributed by atoms with van der Waals surface area (Å²) in [6, 6.07) is 6.53. The molecule has 0 aliphatic heterocycles. The molecule has 1 aromatic carbocycles. The van der Waals surface area contributed by atoms with Gasteiger partial charge in [-0.25, -0.2) is 4.79 Å². The first-order chi connectivity index (χ1) is 7.97. The molecule has 2 N–H and O–H groups in total. The summed E-state index contributed by atoms with van der Waals surface area (Å²) < 4.78 is 0.651. The number of nitrogens with zero attached hydrogens (tertiary/aromatic N) is 1. The molecule has 1 atom stereocenters. The maximum absolute atomic E-state index is 11.1. The summed E-state index contributed by atoms with van der Waals surface area (Å²) in [5.74, 6) is -0.998. The number of nitriles is 1. The number of carboxylic acid groups (broad SMARTS) is 1. The third-order valence-electron chi connectivity index (χ3n) is 2.37. The molecule has 5 heteroatoms. The number of aliphatic carboxylic acids is 1. The summed E-state index contributed by atoms with van der Waals surface area (Å²) in [5.41, 5.74) is 0.947. The van der Waals surface area contributed by atoms with Crippen LogP contribution >= 0.6 is 15.9 Å². The van der Waals surface area contributed by atoms with E-state index in [1.807, 2.05) is 19.9 Å². The van der Waals surface area contributed by atoms with Crippen LogP contribution in [0.1, 0.15) is 19.4 Å². The van der Waals surface area contributed by atoms with Gasteiger partial charge in [-0.15, -0.1) is 0 Å². The van der Waals surface area contributed by atoms with Gasteiger partial charge < -0.3 is 10.4 Å².